The average Bonchev–Trinajstić information content (AvgIpc) is 3.45. The molecule has 0 radical (unpaired) electrons. The third-order valence-corrected chi connectivity index (χ3v) is 7.73. The minimum atomic E-state index is -0.876. The maximum atomic E-state index is 13.6. The summed E-state index contributed by atoms with van der Waals surface area (Å²) < 4.78 is 32.4. The molecule has 2 aromatic carbocycles. The fraction of sp³-hybridized carbons (Fsp3) is 0.385. The number of amides is 2. The molecule has 3 aliphatic rings. The van der Waals surface area contributed by atoms with Gasteiger partial charge in [-0.2, -0.15) is 0 Å². The Labute approximate surface area is 195 Å². The van der Waals surface area contributed by atoms with E-state index in [4.69, 9.17) is 4.74 Å². The first-order valence-electron chi connectivity index (χ1n) is 11.5. The van der Waals surface area contributed by atoms with Gasteiger partial charge in [0.1, 0.15) is 5.75 Å². The van der Waals surface area contributed by atoms with Crippen LogP contribution in [0.25, 0.3) is 10.9 Å². The number of hydrogen-bond acceptors (Lipinski definition) is 3. The lowest BCUT2D eigenvalue weighted by molar-refractivity contribution is -0.142. The average molecular weight is 466 g/mol. The highest BCUT2D eigenvalue weighted by Crippen LogP contribution is 2.59. The van der Waals surface area contributed by atoms with Gasteiger partial charge in [0.15, 0.2) is 11.6 Å². The van der Waals surface area contributed by atoms with E-state index in [-0.39, 0.29) is 23.1 Å². The van der Waals surface area contributed by atoms with Crippen LogP contribution in [0, 0.1) is 23.0 Å². The number of methoxy groups -OCH3 is 1. The molecule has 6 rings (SSSR count). The summed E-state index contributed by atoms with van der Waals surface area (Å²) in [4.78, 5) is 32.8. The fourth-order valence-corrected chi connectivity index (χ4v) is 5.61. The summed E-state index contributed by atoms with van der Waals surface area (Å²) >= 11 is 0. The fourth-order valence-electron chi connectivity index (χ4n) is 5.61. The van der Waals surface area contributed by atoms with Crippen molar-refractivity contribution in [2.75, 3.05) is 26.7 Å². The van der Waals surface area contributed by atoms with Crippen molar-refractivity contribution in [3.8, 4) is 5.75 Å². The zero-order chi connectivity index (χ0) is 23.6. The van der Waals surface area contributed by atoms with Gasteiger partial charge in [0.25, 0.3) is 0 Å². The third kappa shape index (κ3) is 3.35. The molecule has 3 heterocycles. The Hall–Kier alpha value is -3.42. The van der Waals surface area contributed by atoms with Crippen molar-refractivity contribution in [1.29, 1.82) is 0 Å². The molecule has 1 N–H and O–H groups in total. The number of carbonyl (C=O) groups excluding carboxylic acids is 2. The van der Waals surface area contributed by atoms with Gasteiger partial charge in [-0.25, -0.2) is 8.78 Å². The van der Waals surface area contributed by atoms with Crippen molar-refractivity contribution in [2.24, 2.45) is 11.3 Å². The number of likely N-dealkylation sites (tertiary alicyclic amines) is 1. The number of aromatic amines is 1. The number of benzene rings is 2. The molecule has 1 aromatic heterocycles. The van der Waals surface area contributed by atoms with Crippen LogP contribution in [-0.2, 0) is 29.0 Å². The number of fused-ring (bicyclic) bond motifs is 2. The van der Waals surface area contributed by atoms with Crippen LogP contribution in [0.2, 0.25) is 0 Å². The van der Waals surface area contributed by atoms with Gasteiger partial charge in [0.05, 0.1) is 13.5 Å². The number of ether oxygens (including phenoxy) is 1. The minimum absolute atomic E-state index is 0.0600. The van der Waals surface area contributed by atoms with Crippen molar-refractivity contribution < 1.29 is 23.1 Å². The molecule has 3 aromatic rings. The number of hydrogen-bond donors (Lipinski definition) is 1. The van der Waals surface area contributed by atoms with E-state index in [1.54, 1.807) is 12.0 Å². The largest absolute Gasteiger partial charge is 0.497 e. The number of halogens is 2. The summed E-state index contributed by atoms with van der Waals surface area (Å²) in [5.41, 5.74) is 3.21. The quantitative estimate of drug-likeness (QED) is 0.642. The molecule has 2 fully saturated rings. The van der Waals surface area contributed by atoms with Crippen LogP contribution in [0.15, 0.2) is 36.5 Å². The van der Waals surface area contributed by atoms with E-state index in [9.17, 15) is 18.4 Å². The van der Waals surface area contributed by atoms with E-state index in [2.05, 4.69) is 4.98 Å². The molecule has 1 saturated carbocycles. The van der Waals surface area contributed by atoms with Gasteiger partial charge in [-0.15, -0.1) is 0 Å². The van der Waals surface area contributed by atoms with E-state index in [0.717, 1.165) is 34.2 Å². The van der Waals surface area contributed by atoms with Crippen molar-refractivity contribution in [1.82, 2.24) is 14.8 Å². The van der Waals surface area contributed by atoms with Gasteiger partial charge < -0.3 is 19.5 Å². The molecule has 1 aliphatic carbocycles. The molecule has 8 heteroatoms. The molecule has 2 aliphatic heterocycles. The zero-order valence-corrected chi connectivity index (χ0v) is 18.9. The maximum absolute atomic E-state index is 13.6. The second kappa shape index (κ2) is 7.55. The van der Waals surface area contributed by atoms with Crippen LogP contribution < -0.4 is 4.74 Å². The van der Waals surface area contributed by atoms with Crippen LogP contribution >= 0.6 is 0 Å². The molecular formula is C26H25F2N3O3. The SMILES string of the molecule is COc1ccc2c(CC(=O)N3CC4(CC4C(=O)N4CCc5cc(F)c(F)cc5C4)C3)c[nH]c2c1. The Morgan fingerprint density at radius 2 is 1.88 bits per heavy atom. The maximum Gasteiger partial charge on any atom is 0.227 e. The van der Waals surface area contributed by atoms with E-state index < -0.39 is 11.6 Å². The number of nitrogens with one attached hydrogen (secondary N) is 1. The van der Waals surface area contributed by atoms with E-state index in [1.165, 1.54) is 12.1 Å². The van der Waals surface area contributed by atoms with Crippen molar-refractivity contribution in [2.45, 2.75) is 25.8 Å². The smallest absolute Gasteiger partial charge is 0.227 e. The monoisotopic (exact) mass is 465 g/mol. The van der Waals surface area contributed by atoms with Gasteiger partial charge >= 0.3 is 0 Å². The van der Waals surface area contributed by atoms with Crippen LogP contribution in [0.1, 0.15) is 23.1 Å². The number of H-pyrrole nitrogens is 1. The lowest BCUT2D eigenvalue weighted by Crippen LogP contribution is -2.54. The number of nitrogens with zero attached hydrogens (tertiary/aromatic N) is 2. The zero-order valence-electron chi connectivity index (χ0n) is 18.9. The first-order valence-corrected chi connectivity index (χ1v) is 11.5. The highest BCUT2D eigenvalue weighted by atomic mass is 19.2. The Morgan fingerprint density at radius 1 is 1.12 bits per heavy atom. The Kier molecular flexibility index (Phi) is 4.69. The highest BCUT2D eigenvalue weighted by molar-refractivity contribution is 5.90. The summed E-state index contributed by atoms with van der Waals surface area (Å²) in [7, 11) is 1.62. The summed E-state index contributed by atoms with van der Waals surface area (Å²) in [6.45, 7) is 2.02. The summed E-state index contributed by atoms with van der Waals surface area (Å²) in [5.74, 6) is -0.928. The topological polar surface area (TPSA) is 65.6 Å². The van der Waals surface area contributed by atoms with E-state index in [0.29, 0.717) is 44.6 Å². The third-order valence-electron chi connectivity index (χ3n) is 7.73. The lowest BCUT2D eigenvalue weighted by Gasteiger charge is -2.41. The second-order valence-electron chi connectivity index (χ2n) is 9.82. The summed E-state index contributed by atoms with van der Waals surface area (Å²) in [5, 5.41) is 1.01. The minimum Gasteiger partial charge on any atom is -0.497 e. The number of aromatic nitrogens is 1. The molecule has 1 atom stereocenters. The van der Waals surface area contributed by atoms with Crippen LogP contribution in [0.4, 0.5) is 8.78 Å². The van der Waals surface area contributed by atoms with Gasteiger partial charge in [0.2, 0.25) is 11.8 Å². The molecule has 1 saturated heterocycles. The Morgan fingerprint density at radius 3 is 2.65 bits per heavy atom. The number of rotatable bonds is 4. The van der Waals surface area contributed by atoms with Crippen LogP contribution in [-0.4, -0.2) is 53.3 Å². The predicted octanol–water partition coefficient (Wildman–Crippen LogP) is 3.43. The van der Waals surface area contributed by atoms with Crippen molar-refractivity contribution in [3.05, 3.63) is 64.9 Å². The van der Waals surface area contributed by atoms with Gasteiger partial charge in [-0.1, -0.05) is 0 Å². The molecule has 34 heavy (non-hydrogen) atoms. The number of carbonyl (C=O) groups is 2. The first-order chi connectivity index (χ1) is 16.4. The van der Waals surface area contributed by atoms with Crippen molar-refractivity contribution >= 4 is 22.7 Å². The molecule has 1 spiro atoms. The molecule has 6 nitrogen and oxygen atoms in total. The first kappa shape index (κ1) is 21.1. The standard InChI is InChI=1S/C26H25F2N3O3/c1-34-18-2-3-19-16(11-29-23(19)9-18)8-24(32)31-13-26(14-31)10-20(26)25(33)30-5-4-15-6-21(27)22(28)7-17(15)12-30/h2-3,6-7,9,11,20,29H,4-5,8,10,12-14H2,1H3. The van der Waals surface area contributed by atoms with E-state index in [1.807, 2.05) is 29.3 Å². The Bertz CT molecular complexity index is 1330. The summed E-state index contributed by atoms with van der Waals surface area (Å²) in [6, 6.07) is 8.19. The van der Waals surface area contributed by atoms with Crippen LogP contribution in [0.5, 0.6) is 5.75 Å². The molecule has 0 bridgehead atoms. The van der Waals surface area contributed by atoms with Crippen LogP contribution in [0.3, 0.4) is 0 Å². The lowest BCUT2D eigenvalue weighted by atomic mass is 9.91. The second-order valence-corrected chi connectivity index (χ2v) is 9.82. The van der Waals surface area contributed by atoms with Gasteiger partial charge in [0, 0.05) is 60.7 Å². The Balaban J connectivity index is 1.06. The van der Waals surface area contributed by atoms with Crippen molar-refractivity contribution in [3.63, 3.8) is 0 Å². The molecular weight excluding hydrogens is 440 g/mol. The molecule has 176 valence electrons. The predicted molar refractivity (Wildman–Crippen MR) is 121 cm³/mol. The van der Waals surface area contributed by atoms with E-state index >= 15 is 0 Å². The molecule has 2 amide bonds. The normalized spacial score (nSPS) is 20.3. The molecule has 1 unspecified atom stereocenters. The highest BCUT2D eigenvalue weighted by Gasteiger charge is 2.65. The van der Waals surface area contributed by atoms with Gasteiger partial charge in [-0.05, 0) is 53.8 Å². The van der Waals surface area contributed by atoms with Gasteiger partial charge in [-0.3, -0.25) is 9.59 Å². The summed E-state index contributed by atoms with van der Waals surface area (Å²) in [6.07, 6.45) is 3.48.